The van der Waals surface area contributed by atoms with Crippen LogP contribution in [0.15, 0.2) is 54.6 Å². The number of hydrogen-bond donors (Lipinski definition) is 0. The minimum atomic E-state index is -0.0478. The first-order chi connectivity index (χ1) is 9.66. The maximum atomic E-state index is 6.08. The summed E-state index contributed by atoms with van der Waals surface area (Å²) in [5.41, 5.74) is 2.29. The van der Waals surface area contributed by atoms with Crippen molar-refractivity contribution in [2.45, 2.75) is 6.10 Å². The molecule has 0 aromatic heterocycles. The fourth-order valence-electron chi connectivity index (χ4n) is 2.00. The Morgan fingerprint density at radius 3 is 2.15 bits per heavy atom. The van der Waals surface area contributed by atoms with Gasteiger partial charge in [0.2, 0.25) is 0 Å². The second-order valence-electron chi connectivity index (χ2n) is 5.02. The predicted molar refractivity (Wildman–Crippen MR) is 84.2 cm³/mol. The molecule has 20 heavy (non-hydrogen) atoms. The summed E-state index contributed by atoms with van der Waals surface area (Å²) in [5.74, 6) is 0. The van der Waals surface area contributed by atoms with Crippen LogP contribution in [-0.4, -0.2) is 32.1 Å². The zero-order valence-corrected chi connectivity index (χ0v) is 12.7. The summed E-state index contributed by atoms with van der Waals surface area (Å²) < 4.78 is 6.08. The van der Waals surface area contributed by atoms with Crippen LogP contribution in [0.2, 0.25) is 5.02 Å². The van der Waals surface area contributed by atoms with Gasteiger partial charge in [0.1, 0.15) is 6.10 Å². The molecule has 2 aromatic carbocycles. The summed E-state index contributed by atoms with van der Waals surface area (Å²) >= 11 is 5.96. The Labute approximate surface area is 125 Å². The van der Waals surface area contributed by atoms with Gasteiger partial charge in [-0.2, -0.15) is 0 Å². The average molecular weight is 290 g/mol. The molecular weight excluding hydrogens is 270 g/mol. The fourth-order valence-corrected chi connectivity index (χ4v) is 2.13. The summed E-state index contributed by atoms with van der Waals surface area (Å²) in [6, 6.07) is 18.1. The van der Waals surface area contributed by atoms with E-state index in [2.05, 4.69) is 17.0 Å². The van der Waals surface area contributed by atoms with Gasteiger partial charge in [-0.1, -0.05) is 54.1 Å². The van der Waals surface area contributed by atoms with E-state index in [4.69, 9.17) is 16.3 Å². The highest BCUT2D eigenvalue weighted by Crippen LogP contribution is 2.26. The normalized spacial score (nSPS) is 12.6. The molecule has 0 aliphatic rings. The Balaban J connectivity index is 2.18. The van der Waals surface area contributed by atoms with Crippen molar-refractivity contribution in [1.82, 2.24) is 4.90 Å². The molecule has 0 amide bonds. The van der Waals surface area contributed by atoms with Crippen LogP contribution < -0.4 is 0 Å². The van der Waals surface area contributed by atoms with Gasteiger partial charge in [-0.05, 0) is 37.4 Å². The second-order valence-corrected chi connectivity index (χ2v) is 5.45. The van der Waals surface area contributed by atoms with Gasteiger partial charge in [-0.15, -0.1) is 0 Å². The second kappa shape index (κ2) is 7.44. The lowest BCUT2D eigenvalue weighted by Crippen LogP contribution is -2.20. The Morgan fingerprint density at radius 1 is 0.950 bits per heavy atom. The number of nitrogens with zero attached hydrogens (tertiary/aromatic N) is 1. The van der Waals surface area contributed by atoms with Crippen molar-refractivity contribution in [3.63, 3.8) is 0 Å². The molecule has 0 spiro atoms. The van der Waals surface area contributed by atoms with Crippen LogP contribution in [0.5, 0.6) is 0 Å². The van der Waals surface area contributed by atoms with Gasteiger partial charge in [0.15, 0.2) is 0 Å². The first kappa shape index (κ1) is 15.0. The van der Waals surface area contributed by atoms with Gasteiger partial charge in [0.25, 0.3) is 0 Å². The molecule has 2 aromatic rings. The molecule has 0 saturated heterocycles. The zero-order chi connectivity index (χ0) is 14.4. The van der Waals surface area contributed by atoms with Gasteiger partial charge in [-0.25, -0.2) is 0 Å². The highest BCUT2D eigenvalue weighted by atomic mass is 35.5. The summed E-state index contributed by atoms with van der Waals surface area (Å²) in [6.45, 7) is 1.59. The molecule has 0 heterocycles. The highest BCUT2D eigenvalue weighted by Gasteiger charge is 2.14. The van der Waals surface area contributed by atoms with Gasteiger partial charge < -0.3 is 9.64 Å². The average Bonchev–Trinajstić information content (AvgIpc) is 2.46. The van der Waals surface area contributed by atoms with Crippen molar-refractivity contribution >= 4 is 11.6 Å². The van der Waals surface area contributed by atoms with E-state index >= 15 is 0 Å². The topological polar surface area (TPSA) is 12.5 Å². The minimum absolute atomic E-state index is 0.0478. The van der Waals surface area contributed by atoms with Crippen LogP contribution in [-0.2, 0) is 4.74 Å². The van der Waals surface area contributed by atoms with E-state index in [1.54, 1.807) is 0 Å². The van der Waals surface area contributed by atoms with E-state index in [0.717, 1.165) is 22.7 Å². The molecule has 0 fully saturated rings. The van der Waals surface area contributed by atoms with Crippen LogP contribution in [0, 0.1) is 0 Å². The third-order valence-corrected chi connectivity index (χ3v) is 3.35. The number of rotatable bonds is 6. The molecule has 1 atom stereocenters. The van der Waals surface area contributed by atoms with E-state index in [0.29, 0.717) is 6.61 Å². The Kier molecular flexibility index (Phi) is 5.60. The minimum Gasteiger partial charge on any atom is -0.367 e. The number of likely N-dealkylation sites (N-methyl/N-ethyl adjacent to an activating group) is 1. The Bertz CT molecular complexity index is 510. The molecule has 3 heteroatoms. The molecule has 2 rings (SSSR count). The molecule has 0 radical (unpaired) electrons. The molecule has 0 unspecified atom stereocenters. The molecule has 0 saturated carbocycles. The van der Waals surface area contributed by atoms with Gasteiger partial charge in [0, 0.05) is 11.6 Å². The number of halogens is 1. The van der Waals surface area contributed by atoms with Crippen LogP contribution >= 0.6 is 11.6 Å². The summed E-state index contributed by atoms with van der Waals surface area (Å²) in [4.78, 5) is 2.11. The smallest absolute Gasteiger partial charge is 0.108 e. The van der Waals surface area contributed by atoms with Crippen LogP contribution in [0.3, 0.4) is 0 Å². The fraction of sp³-hybridized carbons (Fsp3) is 0.294. The number of hydrogen-bond acceptors (Lipinski definition) is 2. The van der Waals surface area contributed by atoms with Crippen molar-refractivity contribution in [3.05, 3.63) is 70.7 Å². The quantitative estimate of drug-likeness (QED) is 0.797. The van der Waals surface area contributed by atoms with Gasteiger partial charge in [0.05, 0.1) is 6.61 Å². The Morgan fingerprint density at radius 2 is 1.55 bits per heavy atom. The lowest BCUT2D eigenvalue weighted by molar-refractivity contribution is 0.0687. The van der Waals surface area contributed by atoms with Crippen molar-refractivity contribution in [3.8, 4) is 0 Å². The summed E-state index contributed by atoms with van der Waals surface area (Å²) in [7, 11) is 4.09. The third kappa shape index (κ3) is 4.34. The first-order valence-electron chi connectivity index (χ1n) is 6.73. The molecule has 0 N–H and O–H groups in total. The van der Waals surface area contributed by atoms with Crippen molar-refractivity contribution in [2.24, 2.45) is 0 Å². The summed E-state index contributed by atoms with van der Waals surface area (Å²) in [6.07, 6.45) is -0.0478. The number of ether oxygens (including phenoxy) is 1. The van der Waals surface area contributed by atoms with Crippen LogP contribution in [0.1, 0.15) is 17.2 Å². The summed E-state index contributed by atoms with van der Waals surface area (Å²) in [5, 5.41) is 0.744. The third-order valence-electron chi connectivity index (χ3n) is 3.10. The van der Waals surface area contributed by atoms with E-state index in [9.17, 15) is 0 Å². The van der Waals surface area contributed by atoms with Crippen molar-refractivity contribution in [2.75, 3.05) is 27.2 Å². The van der Waals surface area contributed by atoms with E-state index in [-0.39, 0.29) is 6.10 Å². The highest BCUT2D eigenvalue weighted by molar-refractivity contribution is 6.30. The maximum absolute atomic E-state index is 6.08. The molecule has 2 nitrogen and oxygen atoms in total. The molecule has 0 aliphatic heterocycles. The Hall–Kier alpha value is -1.35. The zero-order valence-electron chi connectivity index (χ0n) is 11.9. The molecule has 0 aliphatic carbocycles. The maximum Gasteiger partial charge on any atom is 0.108 e. The largest absolute Gasteiger partial charge is 0.367 e. The molecule has 0 bridgehead atoms. The van der Waals surface area contributed by atoms with E-state index < -0.39 is 0 Å². The van der Waals surface area contributed by atoms with Crippen molar-refractivity contribution < 1.29 is 4.74 Å². The first-order valence-corrected chi connectivity index (χ1v) is 7.11. The van der Waals surface area contributed by atoms with E-state index in [1.165, 1.54) is 0 Å². The van der Waals surface area contributed by atoms with Crippen LogP contribution in [0.4, 0.5) is 0 Å². The van der Waals surface area contributed by atoms with E-state index in [1.807, 2.05) is 56.6 Å². The monoisotopic (exact) mass is 289 g/mol. The van der Waals surface area contributed by atoms with Crippen LogP contribution in [0.25, 0.3) is 0 Å². The van der Waals surface area contributed by atoms with Gasteiger partial charge in [-0.3, -0.25) is 0 Å². The lowest BCUT2D eigenvalue weighted by atomic mass is 10.0. The SMILES string of the molecule is CN(C)CCO[C@@H](c1ccccc1)c1ccc(Cl)cc1. The molecule has 106 valence electrons. The van der Waals surface area contributed by atoms with Gasteiger partial charge >= 0.3 is 0 Å². The standard InChI is InChI=1S/C17H20ClNO/c1-19(2)12-13-20-17(14-6-4-3-5-7-14)15-8-10-16(18)11-9-15/h3-11,17H,12-13H2,1-2H3/t17-/m0/s1. The van der Waals surface area contributed by atoms with Crippen molar-refractivity contribution in [1.29, 1.82) is 0 Å². The molecular formula is C17H20ClNO. The number of benzene rings is 2. The predicted octanol–water partition coefficient (Wildman–Crippen LogP) is 4.01. The lowest BCUT2D eigenvalue weighted by Gasteiger charge is -2.20.